The Kier molecular flexibility index (Phi) is 14.1. The second-order valence-electron chi connectivity index (χ2n) is 10.2. The van der Waals surface area contributed by atoms with E-state index in [-0.39, 0.29) is 24.2 Å². The second-order valence-corrected chi connectivity index (χ2v) is 10.6. The standard InChI is InChI=1S/C25H28ClF3N4O2.2C2H2O4/c1-17(24(35)33-10-4-6-18-5-2-3-7-22(18)33)32-13-11-31(12-14-32)16-23(34)30-19-8-9-21(26)20(15-19)25(27,28)29;2*3-1(4)2(5)6/h2-3,5,7-9,15,17H,4,6,10-14,16H2,1H3,(H,30,34);2*(H,3,4)(H,5,6). The van der Waals surface area contributed by atoms with Gasteiger partial charge in [-0.3, -0.25) is 19.4 Å². The summed E-state index contributed by atoms with van der Waals surface area (Å²) in [6.07, 6.45) is -2.68. The van der Waals surface area contributed by atoms with E-state index in [0.29, 0.717) is 32.7 Å². The average molecular weight is 689 g/mol. The van der Waals surface area contributed by atoms with Gasteiger partial charge in [-0.05, 0) is 49.6 Å². The molecular formula is C29H32ClF3N4O10. The molecule has 0 aromatic heterocycles. The molecule has 47 heavy (non-hydrogen) atoms. The molecule has 0 saturated carbocycles. The zero-order valence-corrected chi connectivity index (χ0v) is 25.6. The number of halogens is 4. The van der Waals surface area contributed by atoms with Crippen molar-refractivity contribution in [1.82, 2.24) is 9.80 Å². The van der Waals surface area contributed by atoms with Crippen molar-refractivity contribution in [3.8, 4) is 0 Å². The summed E-state index contributed by atoms with van der Waals surface area (Å²) in [5, 5.41) is 31.7. The van der Waals surface area contributed by atoms with E-state index < -0.39 is 46.5 Å². The lowest BCUT2D eigenvalue weighted by Gasteiger charge is -2.39. The Morgan fingerprint density at radius 1 is 0.851 bits per heavy atom. The van der Waals surface area contributed by atoms with Crippen molar-refractivity contribution in [2.75, 3.05) is 49.5 Å². The predicted octanol–water partition coefficient (Wildman–Crippen LogP) is 2.59. The molecule has 14 nitrogen and oxygen atoms in total. The normalized spacial score (nSPS) is 15.4. The molecule has 2 aliphatic rings. The Labute approximate surface area is 270 Å². The number of carbonyl (C=O) groups excluding carboxylic acids is 2. The number of alkyl halides is 3. The van der Waals surface area contributed by atoms with Crippen LogP contribution in [-0.2, 0) is 41.4 Å². The molecule has 2 aliphatic heterocycles. The number of nitrogens with zero attached hydrogens (tertiary/aromatic N) is 3. The summed E-state index contributed by atoms with van der Waals surface area (Å²) >= 11 is 5.64. The SMILES string of the molecule is CC(C(=O)N1CCCc2ccccc21)N1CCN(CC(=O)Nc2ccc(Cl)c(C(F)(F)F)c2)CC1.O=C(O)C(=O)O.O=C(O)C(=O)O. The summed E-state index contributed by atoms with van der Waals surface area (Å²) in [5.74, 6) is -7.62. The summed E-state index contributed by atoms with van der Waals surface area (Å²) in [6, 6.07) is 11.0. The number of amides is 2. The summed E-state index contributed by atoms with van der Waals surface area (Å²) in [6.45, 7) is 5.08. The minimum absolute atomic E-state index is 0.0476. The van der Waals surface area contributed by atoms with Crippen molar-refractivity contribution in [3.63, 3.8) is 0 Å². The molecule has 256 valence electrons. The lowest BCUT2D eigenvalue weighted by atomic mass is 10.0. The summed E-state index contributed by atoms with van der Waals surface area (Å²) in [4.78, 5) is 68.0. The lowest BCUT2D eigenvalue weighted by Crippen LogP contribution is -2.56. The van der Waals surface area contributed by atoms with Crippen LogP contribution in [0.15, 0.2) is 42.5 Å². The highest BCUT2D eigenvalue weighted by atomic mass is 35.5. The van der Waals surface area contributed by atoms with Crippen molar-refractivity contribution in [2.45, 2.75) is 32.0 Å². The third-order valence-electron chi connectivity index (χ3n) is 6.98. The van der Waals surface area contributed by atoms with Crippen LogP contribution in [-0.4, -0.2) is 111 Å². The van der Waals surface area contributed by atoms with Crippen LogP contribution in [0.4, 0.5) is 24.5 Å². The van der Waals surface area contributed by atoms with Crippen LogP contribution in [0, 0.1) is 0 Å². The highest BCUT2D eigenvalue weighted by Gasteiger charge is 2.34. The number of fused-ring (bicyclic) bond motifs is 1. The van der Waals surface area contributed by atoms with Crippen molar-refractivity contribution < 1.29 is 62.4 Å². The first-order valence-corrected chi connectivity index (χ1v) is 14.2. The Bertz CT molecular complexity index is 1430. The number of carbonyl (C=O) groups is 6. The molecule has 0 radical (unpaired) electrons. The molecule has 5 N–H and O–H groups in total. The Morgan fingerprint density at radius 2 is 1.40 bits per heavy atom. The molecule has 18 heteroatoms. The fourth-order valence-electron chi connectivity index (χ4n) is 4.68. The van der Waals surface area contributed by atoms with Gasteiger partial charge in [0.25, 0.3) is 0 Å². The predicted molar refractivity (Wildman–Crippen MR) is 160 cm³/mol. The van der Waals surface area contributed by atoms with E-state index >= 15 is 0 Å². The van der Waals surface area contributed by atoms with Crippen LogP contribution in [0.2, 0.25) is 5.02 Å². The number of aryl methyl sites for hydroxylation is 1. The first kappa shape index (κ1) is 38.4. The molecule has 1 fully saturated rings. The third kappa shape index (κ3) is 11.8. The number of nitrogens with one attached hydrogen (secondary N) is 1. The Morgan fingerprint density at radius 3 is 1.94 bits per heavy atom. The molecule has 1 atom stereocenters. The van der Waals surface area contributed by atoms with Crippen LogP contribution in [0.3, 0.4) is 0 Å². The van der Waals surface area contributed by atoms with E-state index in [9.17, 15) is 22.8 Å². The first-order chi connectivity index (χ1) is 21.9. The maximum atomic E-state index is 13.3. The van der Waals surface area contributed by atoms with Crippen molar-refractivity contribution in [1.29, 1.82) is 0 Å². The number of carboxylic acid groups (broad SMARTS) is 4. The van der Waals surface area contributed by atoms with Gasteiger partial charge >= 0.3 is 30.1 Å². The molecule has 2 amide bonds. The zero-order chi connectivity index (χ0) is 35.5. The summed E-state index contributed by atoms with van der Waals surface area (Å²) in [5.41, 5.74) is 1.24. The zero-order valence-electron chi connectivity index (χ0n) is 24.9. The number of hydrogen-bond acceptors (Lipinski definition) is 8. The first-order valence-electron chi connectivity index (χ1n) is 13.9. The quantitative estimate of drug-likeness (QED) is 0.288. The molecule has 2 aromatic carbocycles. The smallest absolute Gasteiger partial charge is 0.417 e. The minimum atomic E-state index is -4.60. The number of anilines is 2. The van der Waals surface area contributed by atoms with Crippen LogP contribution < -0.4 is 10.2 Å². The van der Waals surface area contributed by atoms with Gasteiger partial charge in [-0.15, -0.1) is 0 Å². The van der Waals surface area contributed by atoms with Gasteiger partial charge in [-0.25, -0.2) is 19.2 Å². The Balaban J connectivity index is 0.000000546. The van der Waals surface area contributed by atoms with E-state index in [1.807, 2.05) is 34.9 Å². The van der Waals surface area contributed by atoms with E-state index in [4.69, 9.17) is 51.2 Å². The maximum Gasteiger partial charge on any atom is 0.417 e. The summed E-state index contributed by atoms with van der Waals surface area (Å²) in [7, 11) is 0. The maximum absolute atomic E-state index is 13.3. The molecule has 0 spiro atoms. The van der Waals surface area contributed by atoms with Crippen LogP contribution in [0.1, 0.15) is 24.5 Å². The largest absolute Gasteiger partial charge is 0.473 e. The number of carboxylic acids is 4. The molecule has 0 aliphatic carbocycles. The van der Waals surface area contributed by atoms with Crippen LogP contribution >= 0.6 is 11.6 Å². The number of hydrogen-bond donors (Lipinski definition) is 5. The van der Waals surface area contributed by atoms with Gasteiger partial charge in [-0.1, -0.05) is 29.8 Å². The minimum Gasteiger partial charge on any atom is -0.473 e. The average Bonchev–Trinajstić information content (AvgIpc) is 3.01. The molecule has 1 saturated heterocycles. The van der Waals surface area contributed by atoms with Crippen LogP contribution in [0.25, 0.3) is 0 Å². The molecule has 2 heterocycles. The van der Waals surface area contributed by atoms with Gasteiger partial charge in [0, 0.05) is 44.1 Å². The van der Waals surface area contributed by atoms with Gasteiger partial charge in [0.2, 0.25) is 11.8 Å². The van der Waals surface area contributed by atoms with Crippen molar-refractivity contribution >= 4 is 58.7 Å². The van der Waals surface area contributed by atoms with Crippen LogP contribution in [0.5, 0.6) is 0 Å². The van der Waals surface area contributed by atoms with E-state index in [2.05, 4.69) is 16.3 Å². The van der Waals surface area contributed by atoms with E-state index in [0.717, 1.165) is 30.7 Å². The van der Waals surface area contributed by atoms with Crippen molar-refractivity contribution in [3.05, 3.63) is 58.6 Å². The van der Waals surface area contributed by atoms with Gasteiger partial charge in [0.1, 0.15) is 0 Å². The second kappa shape index (κ2) is 17.3. The molecule has 2 aromatic rings. The number of aliphatic carboxylic acids is 4. The molecule has 0 bridgehead atoms. The number of benzene rings is 2. The van der Waals surface area contributed by atoms with E-state index in [1.54, 1.807) is 0 Å². The Hall–Kier alpha value is -4.74. The number of piperazine rings is 1. The van der Waals surface area contributed by atoms with Gasteiger partial charge in [-0.2, -0.15) is 13.2 Å². The van der Waals surface area contributed by atoms with Crippen molar-refractivity contribution in [2.24, 2.45) is 0 Å². The highest BCUT2D eigenvalue weighted by molar-refractivity contribution is 6.31. The fraction of sp³-hybridized carbons (Fsp3) is 0.379. The number of para-hydroxylation sites is 1. The third-order valence-corrected chi connectivity index (χ3v) is 7.31. The molecule has 4 rings (SSSR count). The molecular weight excluding hydrogens is 657 g/mol. The topological polar surface area (TPSA) is 205 Å². The summed E-state index contributed by atoms with van der Waals surface area (Å²) < 4.78 is 39.2. The van der Waals surface area contributed by atoms with Gasteiger partial charge in [0.15, 0.2) is 0 Å². The van der Waals surface area contributed by atoms with Gasteiger partial charge in [0.05, 0.1) is 23.2 Å². The fourth-order valence-corrected chi connectivity index (χ4v) is 4.90. The molecule has 1 unspecified atom stereocenters. The number of rotatable bonds is 5. The monoisotopic (exact) mass is 688 g/mol. The van der Waals surface area contributed by atoms with E-state index in [1.165, 1.54) is 11.6 Å². The highest BCUT2D eigenvalue weighted by Crippen LogP contribution is 2.36. The lowest BCUT2D eigenvalue weighted by molar-refractivity contribution is -0.159. The van der Waals surface area contributed by atoms with Gasteiger partial charge < -0.3 is 30.6 Å².